The van der Waals surface area contributed by atoms with E-state index in [1.165, 1.54) is 6.20 Å². The fourth-order valence-corrected chi connectivity index (χ4v) is 4.86. The molecule has 1 aromatic carbocycles. The quantitative estimate of drug-likeness (QED) is 0.619. The van der Waals surface area contributed by atoms with Crippen molar-refractivity contribution in [2.24, 2.45) is 11.1 Å². The molecule has 1 saturated heterocycles. The molecule has 1 N–H and O–H groups in total. The number of fused-ring (bicyclic) bond motifs is 2. The SMILES string of the molecule is COc1ccc(C2=NOC3CN(c4cc5c(cc4F)c(=O)c(C(=O)O)cn5C4CC4)CC23)cn1. The van der Waals surface area contributed by atoms with Crippen molar-refractivity contribution >= 4 is 28.3 Å². The molecule has 0 radical (unpaired) electrons. The molecule has 4 heterocycles. The Morgan fingerprint density at radius 3 is 2.76 bits per heavy atom. The zero-order valence-corrected chi connectivity index (χ0v) is 18.3. The van der Waals surface area contributed by atoms with Gasteiger partial charge in [-0.05, 0) is 31.0 Å². The lowest BCUT2D eigenvalue weighted by atomic mass is 9.96. The van der Waals surface area contributed by atoms with Crippen molar-refractivity contribution in [3.05, 3.63) is 63.8 Å². The fourth-order valence-electron chi connectivity index (χ4n) is 4.86. The Balaban J connectivity index is 1.36. The van der Waals surface area contributed by atoms with E-state index < -0.39 is 17.2 Å². The summed E-state index contributed by atoms with van der Waals surface area (Å²) >= 11 is 0. The Hall–Kier alpha value is -3.95. The monoisotopic (exact) mass is 464 g/mol. The first-order valence-corrected chi connectivity index (χ1v) is 11.1. The molecule has 2 fully saturated rings. The molecule has 0 amide bonds. The molecule has 1 aliphatic carbocycles. The number of carboxylic acid groups (broad SMARTS) is 1. The van der Waals surface area contributed by atoms with E-state index in [0.717, 1.165) is 30.2 Å². The van der Waals surface area contributed by atoms with E-state index in [0.29, 0.717) is 30.2 Å². The third kappa shape index (κ3) is 3.20. The molecule has 10 heteroatoms. The second-order valence-electron chi connectivity index (χ2n) is 8.86. The number of aromatic carboxylic acids is 1. The number of oxime groups is 1. The van der Waals surface area contributed by atoms with Crippen LogP contribution in [-0.2, 0) is 4.84 Å². The number of carboxylic acids is 1. The van der Waals surface area contributed by atoms with Gasteiger partial charge in [-0.1, -0.05) is 5.16 Å². The highest BCUT2D eigenvalue weighted by Gasteiger charge is 2.43. The third-order valence-electron chi connectivity index (χ3n) is 6.76. The maximum atomic E-state index is 15.3. The van der Waals surface area contributed by atoms with E-state index in [4.69, 9.17) is 9.57 Å². The lowest BCUT2D eigenvalue weighted by Crippen LogP contribution is -2.25. The number of carbonyl (C=O) groups is 1. The Morgan fingerprint density at radius 1 is 1.26 bits per heavy atom. The van der Waals surface area contributed by atoms with Gasteiger partial charge in [0.2, 0.25) is 11.3 Å². The average Bonchev–Trinajstić information content (AvgIpc) is 3.47. The largest absolute Gasteiger partial charge is 0.481 e. The van der Waals surface area contributed by atoms with Crippen LogP contribution in [0.5, 0.6) is 5.88 Å². The van der Waals surface area contributed by atoms with Gasteiger partial charge in [-0.3, -0.25) is 4.79 Å². The number of ether oxygens (including phenoxy) is 1. The van der Waals surface area contributed by atoms with E-state index in [2.05, 4.69) is 10.1 Å². The number of benzene rings is 1. The first-order valence-electron chi connectivity index (χ1n) is 11.1. The minimum Gasteiger partial charge on any atom is -0.481 e. The van der Waals surface area contributed by atoms with Crippen LogP contribution in [0.1, 0.15) is 34.8 Å². The van der Waals surface area contributed by atoms with Crippen LogP contribution in [0.4, 0.5) is 10.1 Å². The molecule has 6 rings (SSSR count). The van der Waals surface area contributed by atoms with Gasteiger partial charge in [0, 0.05) is 42.0 Å². The molecule has 0 bridgehead atoms. The van der Waals surface area contributed by atoms with Crippen LogP contribution in [0.2, 0.25) is 0 Å². The molecule has 2 unspecified atom stereocenters. The predicted octanol–water partition coefficient (Wildman–Crippen LogP) is 2.82. The van der Waals surface area contributed by atoms with E-state index in [9.17, 15) is 14.7 Å². The summed E-state index contributed by atoms with van der Waals surface area (Å²) in [5.74, 6) is -1.45. The lowest BCUT2D eigenvalue weighted by Gasteiger charge is -2.21. The number of aromatic nitrogens is 2. The summed E-state index contributed by atoms with van der Waals surface area (Å²) in [6.45, 7) is 0.920. The number of halogens is 1. The van der Waals surface area contributed by atoms with Gasteiger partial charge in [0.1, 0.15) is 11.4 Å². The molecular formula is C24H21FN4O5. The number of pyridine rings is 2. The average molecular weight is 464 g/mol. The van der Waals surface area contributed by atoms with Gasteiger partial charge < -0.3 is 24.1 Å². The molecule has 9 nitrogen and oxygen atoms in total. The van der Waals surface area contributed by atoms with Crippen LogP contribution in [0, 0.1) is 11.7 Å². The fraction of sp³-hybridized carbons (Fsp3) is 0.333. The van der Waals surface area contributed by atoms with Gasteiger partial charge in [-0.2, -0.15) is 0 Å². The lowest BCUT2D eigenvalue weighted by molar-refractivity contribution is 0.0694. The number of anilines is 1. The molecule has 3 aliphatic rings. The van der Waals surface area contributed by atoms with Crippen LogP contribution >= 0.6 is 0 Å². The summed E-state index contributed by atoms with van der Waals surface area (Å²) in [7, 11) is 1.55. The molecule has 2 aliphatic heterocycles. The van der Waals surface area contributed by atoms with Gasteiger partial charge >= 0.3 is 5.97 Å². The van der Waals surface area contributed by atoms with E-state index in [1.807, 2.05) is 11.0 Å². The van der Waals surface area contributed by atoms with Gasteiger partial charge in [-0.15, -0.1) is 0 Å². The van der Waals surface area contributed by atoms with Crippen molar-refractivity contribution in [1.29, 1.82) is 0 Å². The summed E-state index contributed by atoms with van der Waals surface area (Å²) in [5, 5.41) is 13.8. The molecule has 2 atom stereocenters. The summed E-state index contributed by atoms with van der Waals surface area (Å²) in [4.78, 5) is 36.1. The van der Waals surface area contributed by atoms with E-state index in [-0.39, 0.29) is 29.0 Å². The molecule has 1 saturated carbocycles. The zero-order chi connectivity index (χ0) is 23.6. The maximum absolute atomic E-state index is 15.3. The first-order chi connectivity index (χ1) is 16.4. The minimum absolute atomic E-state index is 0.0645. The van der Waals surface area contributed by atoms with Crippen LogP contribution < -0.4 is 15.1 Å². The molecular weight excluding hydrogens is 443 g/mol. The first kappa shape index (κ1) is 20.6. The maximum Gasteiger partial charge on any atom is 0.341 e. The topological polar surface area (TPSA) is 106 Å². The van der Waals surface area contributed by atoms with Crippen molar-refractivity contribution in [3.63, 3.8) is 0 Å². The molecule has 0 spiro atoms. The summed E-state index contributed by atoms with van der Waals surface area (Å²) < 4.78 is 22.2. The van der Waals surface area contributed by atoms with E-state index in [1.54, 1.807) is 30.0 Å². The smallest absolute Gasteiger partial charge is 0.341 e. The third-order valence-corrected chi connectivity index (χ3v) is 6.76. The number of hydrogen-bond donors (Lipinski definition) is 1. The molecule has 2 aromatic heterocycles. The number of hydrogen-bond acceptors (Lipinski definition) is 7. The summed E-state index contributed by atoms with van der Waals surface area (Å²) in [5.41, 5.74) is 1.45. The molecule has 34 heavy (non-hydrogen) atoms. The normalized spacial score (nSPS) is 21.4. The van der Waals surface area contributed by atoms with Crippen LogP contribution in [0.3, 0.4) is 0 Å². The summed E-state index contributed by atoms with van der Waals surface area (Å²) in [6.07, 6.45) is 4.61. The van der Waals surface area contributed by atoms with Gasteiger partial charge in [0.05, 0.1) is 36.5 Å². The number of methoxy groups -OCH3 is 1. The number of rotatable bonds is 5. The van der Waals surface area contributed by atoms with Crippen molar-refractivity contribution < 1.29 is 23.9 Å². The zero-order valence-electron chi connectivity index (χ0n) is 18.3. The van der Waals surface area contributed by atoms with Crippen molar-refractivity contribution in [3.8, 4) is 5.88 Å². The van der Waals surface area contributed by atoms with Gasteiger partial charge in [0.25, 0.3) is 0 Å². The van der Waals surface area contributed by atoms with E-state index >= 15 is 4.39 Å². The van der Waals surface area contributed by atoms with Crippen molar-refractivity contribution in [2.45, 2.75) is 25.0 Å². The highest BCUT2D eigenvalue weighted by Crippen LogP contribution is 2.39. The summed E-state index contributed by atoms with van der Waals surface area (Å²) in [6, 6.07) is 6.55. The highest BCUT2D eigenvalue weighted by atomic mass is 19.1. The van der Waals surface area contributed by atoms with Crippen molar-refractivity contribution in [2.75, 3.05) is 25.1 Å². The second-order valence-corrected chi connectivity index (χ2v) is 8.86. The second kappa shape index (κ2) is 7.54. The van der Waals surface area contributed by atoms with Crippen LogP contribution in [0.25, 0.3) is 10.9 Å². The Bertz CT molecular complexity index is 1410. The molecule has 3 aromatic rings. The van der Waals surface area contributed by atoms with Crippen LogP contribution in [0.15, 0.2) is 46.6 Å². The Labute approximate surface area is 193 Å². The standard InChI is InChI=1S/C24H21FN4O5/c1-33-21-5-2-12(8-26-21)22-15-9-28(11-20(15)34-27-22)19-7-18-14(6-17(19)25)23(30)16(24(31)32)10-29(18)13-3-4-13/h2,5-8,10,13,15,20H,3-4,9,11H2,1H3,(H,31,32). The van der Waals surface area contributed by atoms with Gasteiger partial charge in [0.15, 0.2) is 6.10 Å². The number of nitrogens with zero attached hydrogens (tertiary/aromatic N) is 4. The highest BCUT2D eigenvalue weighted by molar-refractivity contribution is 6.03. The Kier molecular flexibility index (Phi) is 4.58. The predicted molar refractivity (Wildman–Crippen MR) is 121 cm³/mol. The molecule has 174 valence electrons. The van der Waals surface area contributed by atoms with Crippen LogP contribution in [-0.4, -0.2) is 52.6 Å². The minimum atomic E-state index is -1.31. The van der Waals surface area contributed by atoms with Crippen molar-refractivity contribution in [1.82, 2.24) is 9.55 Å². The Morgan fingerprint density at radius 2 is 2.09 bits per heavy atom. The van der Waals surface area contributed by atoms with Gasteiger partial charge in [-0.25, -0.2) is 14.2 Å².